The number of benzene rings is 8. The van der Waals surface area contributed by atoms with E-state index < -0.39 is 0 Å². The van der Waals surface area contributed by atoms with Crippen molar-refractivity contribution < 1.29 is 8.83 Å². The van der Waals surface area contributed by atoms with Gasteiger partial charge in [-0.1, -0.05) is 103 Å². The van der Waals surface area contributed by atoms with E-state index >= 15 is 0 Å². The van der Waals surface area contributed by atoms with Crippen LogP contribution in [-0.2, 0) is 0 Å². The predicted molar refractivity (Wildman–Crippen MR) is 225 cm³/mol. The van der Waals surface area contributed by atoms with Gasteiger partial charge in [0.15, 0.2) is 5.58 Å². The zero-order valence-corrected chi connectivity index (χ0v) is 29.8. The molecule has 3 aromatic heterocycles. The summed E-state index contributed by atoms with van der Waals surface area (Å²) in [5.74, 6) is 0.597. The van der Waals surface area contributed by atoms with Crippen molar-refractivity contribution >= 4 is 81.6 Å². The molecule has 0 aliphatic carbocycles. The molecular formula is C49H30N2O2S. The number of hydrogen-bond donors (Lipinski definition) is 0. The molecule has 11 rings (SSSR count). The van der Waals surface area contributed by atoms with E-state index in [2.05, 4.69) is 144 Å². The van der Waals surface area contributed by atoms with Gasteiger partial charge in [0.05, 0.1) is 5.39 Å². The second-order valence-electron chi connectivity index (χ2n) is 13.5. The Bertz CT molecular complexity index is 3160. The Kier molecular flexibility index (Phi) is 7.00. The molecule has 0 fully saturated rings. The number of oxazole rings is 1. The minimum absolute atomic E-state index is 0.597. The molecule has 0 saturated heterocycles. The first kappa shape index (κ1) is 30.7. The normalized spacial score (nSPS) is 11.7. The predicted octanol–water partition coefficient (Wildman–Crippen LogP) is 14.6. The molecule has 0 amide bonds. The Morgan fingerprint density at radius 1 is 0.407 bits per heavy atom. The fraction of sp³-hybridized carbons (Fsp3) is 0. The van der Waals surface area contributed by atoms with Crippen molar-refractivity contribution in [2.24, 2.45) is 0 Å². The van der Waals surface area contributed by atoms with Gasteiger partial charge < -0.3 is 13.7 Å². The molecule has 0 unspecified atom stereocenters. The molecule has 0 radical (unpaired) electrons. The quantitative estimate of drug-likeness (QED) is 0.172. The molecule has 0 spiro atoms. The number of hydrogen-bond acceptors (Lipinski definition) is 5. The number of thiophene rings is 1. The summed E-state index contributed by atoms with van der Waals surface area (Å²) in [7, 11) is 0. The van der Waals surface area contributed by atoms with Gasteiger partial charge in [-0.25, -0.2) is 4.98 Å². The molecule has 54 heavy (non-hydrogen) atoms. The molecule has 0 aliphatic rings. The second kappa shape index (κ2) is 12.3. The Hall–Kier alpha value is -6.95. The zero-order valence-electron chi connectivity index (χ0n) is 28.9. The van der Waals surface area contributed by atoms with Crippen LogP contribution in [0, 0.1) is 0 Å². The van der Waals surface area contributed by atoms with Gasteiger partial charge in [0.2, 0.25) is 5.89 Å². The van der Waals surface area contributed by atoms with E-state index in [0.29, 0.717) is 5.89 Å². The summed E-state index contributed by atoms with van der Waals surface area (Å²) in [5, 5.41) is 4.54. The van der Waals surface area contributed by atoms with Gasteiger partial charge in [-0.15, -0.1) is 11.3 Å². The average molecular weight is 711 g/mol. The molecule has 0 atom stereocenters. The van der Waals surface area contributed by atoms with Crippen molar-refractivity contribution in [3.63, 3.8) is 0 Å². The highest BCUT2D eigenvalue weighted by molar-refractivity contribution is 7.25. The van der Waals surface area contributed by atoms with Crippen molar-refractivity contribution in [2.45, 2.75) is 0 Å². The molecule has 4 nitrogen and oxygen atoms in total. The molecular weight excluding hydrogens is 681 g/mol. The molecule has 0 bridgehead atoms. The summed E-state index contributed by atoms with van der Waals surface area (Å²) >= 11 is 1.85. The van der Waals surface area contributed by atoms with Crippen molar-refractivity contribution in [2.75, 3.05) is 4.90 Å². The number of fused-ring (bicyclic) bond motifs is 8. The fourth-order valence-electron chi connectivity index (χ4n) is 7.79. The lowest BCUT2D eigenvalue weighted by molar-refractivity contribution is 0.619. The number of aromatic nitrogens is 1. The Morgan fingerprint density at radius 3 is 1.93 bits per heavy atom. The van der Waals surface area contributed by atoms with Crippen molar-refractivity contribution in [3.05, 3.63) is 182 Å². The van der Waals surface area contributed by atoms with E-state index in [-0.39, 0.29) is 0 Å². The van der Waals surface area contributed by atoms with Crippen LogP contribution >= 0.6 is 11.3 Å². The summed E-state index contributed by atoms with van der Waals surface area (Å²) < 4.78 is 15.4. The summed E-state index contributed by atoms with van der Waals surface area (Å²) in [5.41, 5.74) is 11.9. The van der Waals surface area contributed by atoms with Gasteiger partial charge >= 0.3 is 0 Å². The summed E-state index contributed by atoms with van der Waals surface area (Å²) in [6.07, 6.45) is 0. The maximum absolute atomic E-state index is 6.58. The number of furan rings is 1. The third-order valence-electron chi connectivity index (χ3n) is 10.3. The summed E-state index contributed by atoms with van der Waals surface area (Å²) in [4.78, 5) is 7.27. The van der Waals surface area contributed by atoms with E-state index in [9.17, 15) is 0 Å². The maximum Gasteiger partial charge on any atom is 0.227 e. The smallest absolute Gasteiger partial charge is 0.227 e. The van der Waals surface area contributed by atoms with Gasteiger partial charge in [-0.2, -0.15) is 0 Å². The minimum Gasteiger partial charge on any atom is -0.456 e. The van der Waals surface area contributed by atoms with Crippen LogP contribution in [-0.4, -0.2) is 4.98 Å². The van der Waals surface area contributed by atoms with Crippen LogP contribution in [0.1, 0.15) is 0 Å². The number of anilines is 3. The minimum atomic E-state index is 0.597. The fourth-order valence-corrected chi connectivity index (χ4v) is 8.93. The third kappa shape index (κ3) is 5.01. The van der Waals surface area contributed by atoms with Crippen molar-refractivity contribution in [1.29, 1.82) is 0 Å². The first-order valence-corrected chi connectivity index (χ1v) is 18.8. The largest absolute Gasteiger partial charge is 0.456 e. The Labute approximate surface area is 314 Å². The topological polar surface area (TPSA) is 42.4 Å². The SMILES string of the molecule is c1ccc(-c2ccc(N(c3cccc(-c4cccc5sc6ccccc6c45)c3)c3ccc4c(c3)oc3ccc5oc(-c6ccccc6)nc5c34)cc2)cc1. The Morgan fingerprint density at radius 2 is 1.07 bits per heavy atom. The van der Waals surface area contributed by atoms with Crippen LogP contribution in [0.5, 0.6) is 0 Å². The molecule has 0 N–H and O–H groups in total. The van der Waals surface area contributed by atoms with Crippen molar-refractivity contribution in [3.8, 4) is 33.7 Å². The average Bonchev–Trinajstić information content (AvgIpc) is 3.95. The monoisotopic (exact) mass is 710 g/mol. The first-order valence-electron chi connectivity index (χ1n) is 18.0. The van der Waals surface area contributed by atoms with E-state index in [0.717, 1.165) is 55.7 Å². The highest BCUT2D eigenvalue weighted by Gasteiger charge is 2.20. The molecule has 3 heterocycles. The molecule has 5 heteroatoms. The summed E-state index contributed by atoms with van der Waals surface area (Å²) in [6, 6.07) is 63.9. The molecule has 11 aromatic rings. The van der Waals surface area contributed by atoms with E-state index in [1.165, 1.54) is 42.4 Å². The highest BCUT2D eigenvalue weighted by Crippen LogP contribution is 2.44. The number of rotatable bonds is 6. The van der Waals surface area contributed by atoms with Gasteiger partial charge in [0, 0.05) is 54.3 Å². The van der Waals surface area contributed by atoms with Gasteiger partial charge in [0.1, 0.15) is 16.7 Å². The first-order chi connectivity index (χ1) is 26.7. The van der Waals surface area contributed by atoms with Crippen LogP contribution in [0.4, 0.5) is 17.1 Å². The third-order valence-corrected chi connectivity index (χ3v) is 11.4. The van der Waals surface area contributed by atoms with Crippen LogP contribution in [0.2, 0.25) is 0 Å². The van der Waals surface area contributed by atoms with Gasteiger partial charge in [0.25, 0.3) is 0 Å². The van der Waals surface area contributed by atoms with E-state index in [1.54, 1.807) is 0 Å². The van der Waals surface area contributed by atoms with Crippen LogP contribution in [0.3, 0.4) is 0 Å². The molecule has 8 aromatic carbocycles. The lowest BCUT2D eigenvalue weighted by atomic mass is 9.98. The lowest BCUT2D eigenvalue weighted by Gasteiger charge is -2.26. The van der Waals surface area contributed by atoms with Crippen molar-refractivity contribution in [1.82, 2.24) is 4.98 Å². The maximum atomic E-state index is 6.58. The Balaban J connectivity index is 1.07. The molecule has 0 aliphatic heterocycles. The number of nitrogens with zero attached hydrogens (tertiary/aromatic N) is 2. The second-order valence-corrected chi connectivity index (χ2v) is 14.6. The molecule has 0 saturated carbocycles. The molecule has 254 valence electrons. The summed E-state index contributed by atoms with van der Waals surface area (Å²) in [6.45, 7) is 0. The standard InChI is InChI=1S/C49H30N2O2S/c1-3-11-31(12-4-1)32-21-23-35(24-22-32)51(36-16-9-15-34(29-36)38-18-10-20-45-46(38)40-17-7-8-19-44(40)54-45)37-25-26-39-43(30-37)52-41-27-28-42-48(47(39)41)50-49(53-42)33-13-5-2-6-14-33/h1-30H. The van der Waals surface area contributed by atoms with Crippen LogP contribution < -0.4 is 4.90 Å². The van der Waals surface area contributed by atoms with E-state index in [1.807, 2.05) is 53.8 Å². The highest BCUT2D eigenvalue weighted by atomic mass is 32.1. The van der Waals surface area contributed by atoms with Gasteiger partial charge in [-0.3, -0.25) is 0 Å². The van der Waals surface area contributed by atoms with E-state index in [4.69, 9.17) is 13.8 Å². The lowest BCUT2D eigenvalue weighted by Crippen LogP contribution is -2.10. The van der Waals surface area contributed by atoms with Gasteiger partial charge in [-0.05, 0) is 95.1 Å². The van der Waals surface area contributed by atoms with Crippen LogP contribution in [0.25, 0.3) is 86.9 Å². The zero-order chi connectivity index (χ0) is 35.6. The van der Waals surface area contributed by atoms with Crippen LogP contribution in [0.15, 0.2) is 191 Å².